The average Bonchev–Trinajstić information content (AvgIpc) is 2.87. The number of nitriles is 1. The Hall–Kier alpha value is -2.74. The topological polar surface area (TPSA) is 39.6 Å². The van der Waals surface area contributed by atoms with Crippen LogP contribution in [0.3, 0.4) is 0 Å². The van der Waals surface area contributed by atoms with Crippen LogP contribution in [0.5, 0.6) is 0 Å². The molecule has 4 rings (SSSR count). The minimum absolute atomic E-state index is 0.0283. The van der Waals surface area contributed by atoms with Crippen molar-refractivity contribution >= 4 is 10.9 Å². The molecule has 0 saturated heterocycles. The molecular weight excluding hydrogens is 313 g/mol. The second kappa shape index (κ2) is 5.41. The molecule has 120 valence electrons. The molecule has 2 aromatic carbocycles. The van der Waals surface area contributed by atoms with E-state index in [-0.39, 0.29) is 23.2 Å². The molecule has 24 heavy (non-hydrogen) atoms. The highest BCUT2D eigenvalue weighted by Crippen LogP contribution is 2.48. The van der Waals surface area contributed by atoms with E-state index in [0.717, 1.165) is 11.6 Å². The van der Waals surface area contributed by atoms with E-state index >= 15 is 0 Å². The van der Waals surface area contributed by atoms with E-state index in [0.29, 0.717) is 29.5 Å². The summed E-state index contributed by atoms with van der Waals surface area (Å²) in [7, 11) is 0. The summed E-state index contributed by atoms with van der Waals surface area (Å²) in [6.45, 7) is 0. The van der Waals surface area contributed by atoms with Gasteiger partial charge in [-0.05, 0) is 60.2 Å². The lowest BCUT2D eigenvalue weighted by Crippen LogP contribution is -2.20. The van der Waals surface area contributed by atoms with Crippen molar-refractivity contribution in [3.05, 3.63) is 59.4 Å². The molecule has 1 aliphatic rings. The first kappa shape index (κ1) is 14.8. The Labute approximate surface area is 136 Å². The van der Waals surface area contributed by atoms with Gasteiger partial charge in [-0.1, -0.05) is 0 Å². The predicted molar refractivity (Wildman–Crippen MR) is 84.7 cm³/mol. The molecule has 1 saturated carbocycles. The van der Waals surface area contributed by atoms with Gasteiger partial charge in [0.1, 0.15) is 17.5 Å². The molecule has 0 radical (unpaired) electrons. The maximum atomic E-state index is 14.2. The zero-order valence-electron chi connectivity index (χ0n) is 12.6. The predicted octanol–water partition coefficient (Wildman–Crippen LogP) is 5.27. The maximum absolute atomic E-state index is 14.2. The highest BCUT2D eigenvalue weighted by atomic mass is 19.1. The van der Waals surface area contributed by atoms with E-state index in [2.05, 4.69) is 11.1 Å². The lowest BCUT2D eigenvalue weighted by molar-refractivity contribution is 0.334. The van der Waals surface area contributed by atoms with Crippen molar-refractivity contribution in [3.63, 3.8) is 0 Å². The van der Waals surface area contributed by atoms with Gasteiger partial charge in [0.2, 0.25) is 0 Å². The Kier molecular flexibility index (Phi) is 3.34. The number of nitrogens with zero attached hydrogens (tertiary/aromatic N) is 1. The number of halogens is 3. The van der Waals surface area contributed by atoms with Crippen LogP contribution in [0.2, 0.25) is 0 Å². The van der Waals surface area contributed by atoms with Crippen molar-refractivity contribution < 1.29 is 13.2 Å². The van der Waals surface area contributed by atoms with Crippen molar-refractivity contribution in [1.29, 1.82) is 5.26 Å². The third-order valence-corrected chi connectivity index (χ3v) is 4.73. The zero-order chi connectivity index (χ0) is 16.8. The van der Waals surface area contributed by atoms with Crippen LogP contribution >= 0.6 is 0 Å². The number of hydrogen-bond donors (Lipinski definition) is 1. The van der Waals surface area contributed by atoms with E-state index in [4.69, 9.17) is 5.26 Å². The monoisotopic (exact) mass is 326 g/mol. The number of fused-ring (bicyclic) bond motifs is 1. The fourth-order valence-corrected chi connectivity index (χ4v) is 3.47. The summed E-state index contributed by atoms with van der Waals surface area (Å²) in [5, 5.41) is 9.49. The number of rotatable bonds is 2. The van der Waals surface area contributed by atoms with Gasteiger partial charge in [-0.25, -0.2) is 13.2 Å². The highest BCUT2D eigenvalue weighted by Gasteiger charge is 2.34. The molecule has 1 heterocycles. The highest BCUT2D eigenvalue weighted by molar-refractivity contribution is 5.92. The molecule has 1 N–H and O–H groups in total. The number of benzene rings is 2. The summed E-state index contributed by atoms with van der Waals surface area (Å²) in [6, 6.07) is 10.3. The molecule has 0 spiro atoms. The molecule has 3 aromatic rings. The number of aromatic amines is 1. The zero-order valence-corrected chi connectivity index (χ0v) is 12.6. The minimum atomic E-state index is -0.657. The van der Waals surface area contributed by atoms with E-state index in [9.17, 15) is 13.2 Å². The lowest BCUT2D eigenvalue weighted by Gasteiger charge is -2.31. The maximum Gasteiger partial charge on any atom is 0.150 e. The largest absolute Gasteiger partial charge is 0.352 e. The molecule has 0 amide bonds. The molecular formula is C19H13F3N2. The third kappa shape index (κ3) is 2.26. The van der Waals surface area contributed by atoms with Crippen LogP contribution < -0.4 is 0 Å². The number of hydrogen-bond acceptors (Lipinski definition) is 1. The van der Waals surface area contributed by atoms with Crippen LogP contribution in [-0.4, -0.2) is 4.98 Å². The van der Waals surface area contributed by atoms with Crippen LogP contribution in [0.4, 0.5) is 13.2 Å². The van der Waals surface area contributed by atoms with E-state index < -0.39 is 11.6 Å². The van der Waals surface area contributed by atoms with Crippen molar-refractivity contribution in [2.45, 2.75) is 18.8 Å². The fourth-order valence-electron chi connectivity index (χ4n) is 3.47. The summed E-state index contributed by atoms with van der Waals surface area (Å²) in [5.74, 6) is -1.62. The van der Waals surface area contributed by atoms with Crippen molar-refractivity contribution in [2.75, 3.05) is 0 Å². The van der Waals surface area contributed by atoms with Gasteiger partial charge in [0.15, 0.2) is 0 Å². The molecule has 1 aliphatic carbocycles. The summed E-state index contributed by atoms with van der Waals surface area (Å²) in [5.41, 5.74) is 2.42. The van der Waals surface area contributed by atoms with Crippen LogP contribution in [0.15, 0.2) is 36.4 Å². The van der Waals surface area contributed by atoms with Crippen molar-refractivity contribution in [3.8, 4) is 17.3 Å². The Bertz CT molecular complexity index is 961. The van der Waals surface area contributed by atoms with Gasteiger partial charge < -0.3 is 4.98 Å². The van der Waals surface area contributed by atoms with Crippen molar-refractivity contribution in [2.24, 2.45) is 5.92 Å². The summed E-state index contributed by atoms with van der Waals surface area (Å²) in [6.07, 6.45) is 1.32. The standard InChI is InChI=1S/C19H13F3N2/c20-13-3-1-11(2-4-13)18-17(12-5-10(6-12)9-23)15-7-14(21)8-16(22)19(15)24-18/h1-4,7-8,10,12,24H,5-6H2. The van der Waals surface area contributed by atoms with Gasteiger partial charge in [-0.15, -0.1) is 0 Å². The van der Waals surface area contributed by atoms with Crippen molar-refractivity contribution in [1.82, 2.24) is 4.98 Å². The van der Waals surface area contributed by atoms with Gasteiger partial charge in [0.25, 0.3) is 0 Å². The summed E-state index contributed by atoms with van der Waals surface area (Å²) < 4.78 is 41.1. The second-order valence-corrected chi connectivity index (χ2v) is 6.23. The molecule has 5 heteroatoms. The first-order valence-electron chi connectivity index (χ1n) is 7.73. The average molecular weight is 326 g/mol. The van der Waals surface area contributed by atoms with E-state index in [1.165, 1.54) is 18.2 Å². The third-order valence-electron chi connectivity index (χ3n) is 4.73. The second-order valence-electron chi connectivity index (χ2n) is 6.23. The van der Waals surface area contributed by atoms with Crippen LogP contribution in [0, 0.1) is 34.7 Å². The van der Waals surface area contributed by atoms with E-state index in [1.807, 2.05) is 0 Å². The molecule has 0 unspecified atom stereocenters. The molecule has 0 atom stereocenters. The SMILES string of the molecule is N#CC1CC(c2c(-c3ccc(F)cc3)[nH]c3c(F)cc(F)cc23)C1. The summed E-state index contributed by atoms with van der Waals surface area (Å²) in [4.78, 5) is 3.03. The first-order valence-corrected chi connectivity index (χ1v) is 7.73. The Morgan fingerprint density at radius 3 is 2.38 bits per heavy atom. The smallest absolute Gasteiger partial charge is 0.150 e. The number of aromatic nitrogens is 1. The van der Waals surface area contributed by atoms with Crippen LogP contribution in [0.25, 0.3) is 22.2 Å². The Morgan fingerprint density at radius 1 is 1.00 bits per heavy atom. The summed E-state index contributed by atoms with van der Waals surface area (Å²) >= 11 is 0. The van der Waals surface area contributed by atoms with Gasteiger partial charge >= 0.3 is 0 Å². The minimum Gasteiger partial charge on any atom is -0.352 e. The molecule has 0 aliphatic heterocycles. The molecule has 0 bridgehead atoms. The molecule has 2 nitrogen and oxygen atoms in total. The quantitative estimate of drug-likeness (QED) is 0.684. The Morgan fingerprint density at radius 2 is 1.71 bits per heavy atom. The van der Waals surface area contributed by atoms with Crippen LogP contribution in [0.1, 0.15) is 24.3 Å². The Balaban J connectivity index is 1.93. The van der Waals surface area contributed by atoms with Gasteiger partial charge in [0.05, 0.1) is 17.3 Å². The van der Waals surface area contributed by atoms with Gasteiger partial charge in [0, 0.05) is 17.4 Å². The fraction of sp³-hybridized carbons (Fsp3) is 0.211. The van der Waals surface area contributed by atoms with Gasteiger partial charge in [-0.3, -0.25) is 0 Å². The lowest BCUT2D eigenvalue weighted by atomic mass is 9.71. The van der Waals surface area contributed by atoms with Gasteiger partial charge in [-0.2, -0.15) is 5.26 Å². The molecule has 1 aromatic heterocycles. The molecule has 1 fully saturated rings. The number of H-pyrrole nitrogens is 1. The number of nitrogens with one attached hydrogen (secondary N) is 1. The normalized spacial score (nSPS) is 19.9. The van der Waals surface area contributed by atoms with Crippen LogP contribution in [-0.2, 0) is 0 Å². The van der Waals surface area contributed by atoms with E-state index in [1.54, 1.807) is 12.1 Å². The first-order chi connectivity index (χ1) is 11.6.